The highest BCUT2D eigenvalue weighted by Crippen LogP contribution is 1.80. The van der Waals surface area contributed by atoms with Gasteiger partial charge < -0.3 is 10.6 Å². The van der Waals surface area contributed by atoms with Crippen LogP contribution in [0.5, 0.6) is 0 Å². The third-order valence-electron chi connectivity index (χ3n) is 1.37. The maximum Gasteiger partial charge on any atom is 0.321 e. The maximum atomic E-state index is 11.1. The molecule has 0 aliphatic carbocycles. The normalized spacial score (nSPS) is 11.9. The molecule has 0 saturated carbocycles. The number of hydrogen-bond acceptors (Lipinski definition) is 3. The second-order valence-corrected chi connectivity index (χ2v) is 2.35. The fraction of sp³-hybridized carbons (Fsp3) is 0.714. The Morgan fingerprint density at radius 1 is 1.42 bits per heavy atom. The van der Waals surface area contributed by atoms with Gasteiger partial charge in [-0.25, -0.2) is 4.79 Å². The topological polar surface area (TPSA) is 70.2 Å². The van der Waals surface area contributed by atoms with Crippen LogP contribution in [0.15, 0.2) is 0 Å². The zero-order valence-electron chi connectivity index (χ0n) is 7.60. The van der Waals surface area contributed by atoms with Gasteiger partial charge in [0.2, 0.25) is 5.91 Å². The summed E-state index contributed by atoms with van der Waals surface area (Å²) in [5, 5.41) is 7.34. The summed E-state index contributed by atoms with van der Waals surface area (Å²) < 4.78 is 0. The van der Waals surface area contributed by atoms with Crippen molar-refractivity contribution in [2.75, 3.05) is 13.6 Å². The van der Waals surface area contributed by atoms with E-state index in [1.807, 2.05) is 6.92 Å². The minimum atomic E-state index is -0.482. The van der Waals surface area contributed by atoms with E-state index in [1.165, 1.54) is 7.05 Å². The van der Waals surface area contributed by atoms with Crippen molar-refractivity contribution >= 4 is 11.9 Å². The molecule has 0 aliphatic heterocycles. The van der Waals surface area contributed by atoms with Crippen molar-refractivity contribution in [2.24, 2.45) is 0 Å². The quantitative estimate of drug-likeness (QED) is 0.536. The van der Waals surface area contributed by atoms with E-state index in [2.05, 4.69) is 16.0 Å². The zero-order chi connectivity index (χ0) is 9.56. The molecule has 0 fully saturated rings. The number of imide groups is 1. The molecular weight excluding hydrogens is 158 g/mol. The first-order chi connectivity index (χ1) is 5.61. The van der Waals surface area contributed by atoms with Gasteiger partial charge in [0.1, 0.15) is 0 Å². The van der Waals surface area contributed by atoms with Crippen molar-refractivity contribution in [1.29, 1.82) is 0 Å². The fourth-order valence-corrected chi connectivity index (χ4v) is 0.682. The van der Waals surface area contributed by atoms with Gasteiger partial charge in [-0.2, -0.15) is 0 Å². The number of nitrogens with one attached hydrogen (secondary N) is 3. The van der Waals surface area contributed by atoms with Gasteiger partial charge in [-0.05, 0) is 13.5 Å². The zero-order valence-corrected chi connectivity index (χ0v) is 7.60. The Bertz CT molecular complexity index is 170. The first-order valence-electron chi connectivity index (χ1n) is 3.87. The van der Waals surface area contributed by atoms with Gasteiger partial charge in [0.25, 0.3) is 0 Å². The lowest BCUT2D eigenvalue weighted by molar-refractivity contribution is -0.121. The van der Waals surface area contributed by atoms with E-state index in [1.54, 1.807) is 6.92 Å². The largest absolute Gasteiger partial charge is 0.341 e. The second kappa shape index (κ2) is 5.54. The highest BCUT2D eigenvalue weighted by atomic mass is 16.2. The Labute approximate surface area is 71.9 Å². The number of rotatable bonds is 3. The van der Waals surface area contributed by atoms with Gasteiger partial charge in [-0.3, -0.25) is 10.1 Å². The molecule has 0 spiro atoms. The molecule has 5 nitrogen and oxygen atoms in total. The van der Waals surface area contributed by atoms with Crippen molar-refractivity contribution in [3.63, 3.8) is 0 Å². The van der Waals surface area contributed by atoms with Crippen LogP contribution in [0.4, 0.5) is 4.79 Å². The first-order valence-corrected chi connectivity index (χ1v) is 3.87. The van der Waals surface area contributed by atoms with Gasteiger partial charge in [-0.1, -0.05) is 6.92 Å². The van der Waals surface area contributed by atoms with Crippen LogP contribution >= 0.6 is 0 Å². The monoisotopic (exact) mass is 173 g/mol. The molecule has 70 valence electrons. The van der Waals surface area contributed by atoms with Crippen molar-refractivity contribution < 1.29 is 9.59 Å². The molecule has 0 aromatic heterocycles. The van der Waals surface area contributed by atoms with E-state index >= 15 is 0 Å². The van der Waals surface area contributed by atoms with Gasteiger partial charge >= 0.3 is 6.03 Å². The summed E-state index contributed by atoms with van der Waals surface area (Å²) in [6, 6.07) is -0.822. The average molecular weight is 173 g/mol. The molecule has 12 heavy (non-hydrogen) atoms. The molecule has 0 aromatic carbocycles. The average Bonchev–Trinajstić information content (AvgIpc) is 2.04. The van der Waals surface area contributed by atoms with Crippen LogP contribution in [-0.4, -0.2) is 31.6 Å². The highest BCUT2D eigenvalue weighted by molar-refractivity contribution is 5.96. The van der Waals surface area contributed by atoms with Crippen LogP contribution in [0.25, 0.3) is 0 Å². The Balaban J connectivity index is 3.78. The summed E-state index contributed by atoms with van der Waals surface area (Å²) >= 11 is 0. The van der Waals surface area contributed by atoms with E-state index in [0.29, 0.717) is 6.54 Å². The summed E-state index contributed by atoms with van der Waals surface area (Å²) in [5.74, 6) is -0.323. The molecule has 5 heteroatoms. The standard InChI is InChI=1S/C7H15N3O2/c1-4-9-5(2)6(11)10-7(12)8-3/h5,9H,4H2,1-3H3,(H2,8,10,11,12). The summed E-state index contributed by atoms with van der Waals surface area (Å²) in [6.07, 6.45) is 0. The molecule has 0 aliphatic rings. The Morgan fingerprint density at radius 3 is 2.42 bits per heavy atom. The molecule has 0 bridgehead atoms. The minimum absolute atomic E-state index is 0.323. The van der Waals surface area contributed by atoms with Gasteiger partial charge in [0, 0.05) is 7.05 Å². The SMILES string of the molecule is CCNC(C)C(=O)NC(=O)NC. The molecule has 0 radical (unpaired) electrons. The summed E-state index contributed by atoms with van der Waals surface area (Å²) in [4.78, 5) is 21.7. The predicted octanol–water partition coefficient (Wildman–Crippen LogP) is -0.560. The second-order valence-electron chi connectivity index (χ2n) is 2.35. The maximum absolute atomic E-state index is 11.1. The van der Waals surface area contributed by atoms with Crippen LogP contribution in [0, 0.1) is 0 Å². The molecular formula is C7H15N3O2. The van der Waals surface area contributed by atoms with E-state index in [-0.39, 0.29) is 11.9 Å². The molecule has 1 atom stereocenters. The van der Waals surface area contributed by atoms with Crippen molar-refractivity contribution in [3.8, 4) is 0 Å². The smallest absolute Gasteiger partial charge is 0.321 e. The first kappa shape index (κ1) is 10.9. The lowest BCUT2D eigenvalue weighted by Gasteiger charge is -2.10. The van der Waals surface area contributed by atoms with E-state index in [0.717, 1.165) is 0 Å². The third-order valence-corrected chi connectivity index (χ3v) is 1.37. The molecule has 0 rings (SSSR count). The van der Waals surface area contributed by atoms with Gasteiger partial charge in [0.15, 0.2) is 0 Å². The number of hydrogen-bond donors (Lipinski definition) is 3. The number of urea groups is 1. The lowest BCUT2D eigenvalue weighted by atomic mass is 10.3. The van der Waals surface area contributed by atoms with E-state index < -0.39 is 6.03 Å². The Kier molecular flexibility index (Phi) is 5.03. The van der Waals surface area contributed by atoms with E-state index in [4.69, 9.17) is 0 Å². The number of amides is 3. The van der Waals surface area contributed by atoms with Crippen molar-refractivity contribution in [1.82, 2.24) is 16.0 Å². The highest BCUT2D eigenvalue weighted by Gasteiger charge is 2.12. The van der Waals surface area contributed by atoms with Crippen molar-refractivity contribution in [3.05, 3.63) is 0 Å². The van der Waals surface area contributed by atoms with E-state index in [9.17, 15) is 9.59 Å². The molecule has 0 heterocycles. The van der Waals surface area contributed by atoms with Crippen LogP contribution in [-0.2, 0) is 4.79 Å². The molecule has 1 unspecified atom stereocenters. The van der Waals surface area contributed by atoms with Crippen LogP contribution in [0.1, 0.15) is 13.8 Å². The van der Waals surface area contributed by atoms with Crippen LogP contribution < -0.4 is 16.0 Å². The van der Waals surface area contributed by atoms with Gasteiger partial charge in [-0.15, -0.1) is 0 Å². The number of carbonyl (C=O) groups is 2. The number of likely N-dealkylation sites (N-methyl/N-ethyl adjacent to an activating group) is 1. The minimum Gasteiger partial charge on any atom is -0.341 e. The number of carbonyl (C=O) groups excluding carboxylic acids is 2. The summed E-state index contributed by atoms with van der Waals surface area (Å²) in [6.45, 7) is 4.29. The Morgan fingerprint density at radius 2 is 2.00 bits per heavy atom. The van der Waals surface area contributed by atoms with Crippen molar-refractivity contribution in [2.45, 2.75) is 19.9 Å². The predicted molar refractivity (Wildman–Crippen MR) is 45.7 cm³/mol. The van der Waals surface area contributed by atoms with Crippen LogP contribution in [0.3, 0.4) is 0 Å². The Hall–Kier alpha value is -1.10. The molecule has 0 saturated heterocycles. The molecule has 3 amide bonds. The fourth-order valence-electron chi connectivity index (χ4n) is 0.682. The third kappa shape index (κ3) is 3.92. The lowest BCUT2D eigenvalue weighted by Crippen LogP contribution is -2.47. The summed E-state index contributed by atoms with van der Waals surface area (Å²) in [7, 11) is 1.46. The van der Waals surface area contributed by atoms with Crippen LogP contribution in [0.2, 0.25) is 0 Å². The molecule has 3 N–H and O–H groups in total. The summed E-state index contributed by atoms with van der Waals surface area (Å²) in [5.41, 5.74) is 0. The van der Waals surface area contributed by atoms with Gasteiger partial charge in [0.05, 0.1) is 6.04 Å². The molecule has 0 aromatic rings.